The second kappa shape index (κ2) is 9.24. The van der Waals surface area contributed by atoms with Crippen LogP contribution in [0.5, 0.6) is 11.5 Å². The lowest BCUT2D eigenvalue weighted by Crippen LogP contribution is -2.48. The first-order valence-electron chi connectivity index (χ1n) is 13.1. The van der Waals surface area contributed by atoms with Gasteiger partial charge in [0.25, 0.3) is 0 Å². The average Bonchev–Trinajstić information content (AvgIpc) is 2.89. The molecule has 0 saturated carbocycles. The number of benzene rings is 2. The number of nitrogens with zero attached hydrogens (tertiary/aromatic N) is 2. The van der Waals surface area contributed by atoms with Crippen molar-refractivity contribution in [3.05, 3.63) is 71.8 Å². The first kappa shape index (κ1) is 21.9. The lowest BCUT2D eigenvalue weighted by molar-refractivity contribution is 0.0334. The maximum atomic E-state index is 6.45. The molecule has 0 bridgehead atoms. The number of hydrogen-bond donors (Lipinski definition) is 0. The van der Waals surface area contributed by atoms with Crippen molar-refractivity contribution in [2.45, 2.75) is 49.7 Å². The van der Waals surface area contributed by atoms with Gasteiger partial charge in [0, 0.05) is 63.0 Å². The summed E-state index contributed by atoms with van der Waals surface area (Å²) in [4.78, 5) is 5.26. The number of ether oxygens (including phenoxy) is 2. The maximum absolute atomic E-state index is 6.45. The van der Waals surface area contributed by atoms with Crippen molar-refractivity contribution >= 4 is 12.2 Å². The van der Waals surface area contributed by atoms with Crippen LogP contribution in [0.3, 0.4) is 0 Å². The normalized spacial score (nSPS) is 22.7. The summed E-state index contributed by atoms with van der Waals surface area (Å²) in [6, 6.07) is 16.8. The highest BCUT2D eigenvalue weighted by Crippen LogP contribution is 2.38. The minimum atomic E-state index is -0.0925. The summed E-state index contributed by atoms with van der Waals surface area (Å²) in [5, 5.41) is 0. The highest BCUT2D eigenvalue weighted by Gasteiger charge is 2.37. The summed E-state index contributed by atoms with van der Waals surface area (Å²) in [6.45, 7) is 6.93. The molecule has 0 amide bonds. The van der Waals surface area contributed by atoms with Gasteiger partial charge in [0.05, 0.1) is 0 Å². The number of fused-ring (bicyclic) bond motifs is 2. The van der Waals surface area contributed by atoms with E-state index in [0.717, 1.165) is 63.4 Å². The summed E-state index contributed by atoms with van der Waals surface area (Å²) in [5.41, 5.74) is 2.22. The molecule has 2 spiro atoms. The minimum Gasteiger partial charge on any atom is -0.482 e. The molecule has 0 atom stereocenters. The van der Waals surface area contributed by atoms with Crippen LogP contribution < -0.4 is 9.47 Å². The average molecular weight is 457 g/mol. The minimum absolute atomic E-state index is 0.0925. The molecule has 2 aromatic carbocycles. The monoisotopic (exact) mass is 456 g/mol. The Morgan fingerprint density at radius 2 is 1.00 bits per heavy atom. The molecule has 0 radical (unpaired) electrons. The summed E-state index contributed by atoms with van der Waals surface area (Å²) in [7, 11) is 0. The largest absolute Gasteiger partial charge is 0.482 e. The van der Waals surface area contributed by atoms with Crippen LogP contribution >= 0.6 is 0 Å². The van der Waals surface area contributed by atoms with Crippen molar-refractivity contribution in [2.24, 2.45) is 0 Å². The third-order valence-corrected chi connectivity index (χ3v) is 8.20. The predicted octanol–water partition coefficient (Wildman–Crippen LogP) is 5.65. The molecule has 34 heavy (non-hydrogen) atoms. The van der Waals surface area contributed by atoms with Gasteiger partial charge in [-0.25, -0.2) is 0 Å². The summed E-state index contributed by atoms with van der Waals surface area (Å²) in [6.07, 6.45) is 16.0. The molecule has 178 valence electrons. The van der Waals surface area contributed by atoms with E-state index in [0.29, 0.717) is 0 Å². The third kappa shape index (κ3) is 4.54. The molecule has 6 rings (SSSR count). The van der Waals surface area contributed by atoms with Crippen LogP contribution in [0, 0.1) is 0 Å². The zero-order valence-corrected chi connectivity index (χ0v) is 20.1. The van der Waals surface area contributed by atoms with Crippen LogP contribution in [0.2, 0.25) is 0 Å². The van der Waals surface area contributed by atoms with Gasteiger partial charge in [-0.15, -0.1) is 0 Å². The zero-order valence-electron chi connectivity index (χ0n) is 20.1. The Balaban J connectivity index is 0.905. The van der Waals surface area contributed by atoms with Gasteiger partial charge in [0.2, 0.25) is 0 Å². The molecule has 4 nitrogen and oxygen atoms in total. The topological polar surface area (TPSA) is 24.9 Å². The molecule has 0 aliphatic carbocycles. The summed E-state index contributed by atoms with van der Waals surface area (Å²) >= 11 is 0. The number of likely N-dealkylation sites (tertiary alicyclic amines) is 2. The standard InChI is InChI=1S/C30H36N2O2/c1-3-9-27-25(7-1)11-13-29(33-27)15-21-31(22-16-29)19-5-6-20-32-23-17-30(18-24-32)14-12-26-8-2-4-10-28(26)34-30/h1-4,7-14H,5-6,15-24H2. The molecular weight excluding hydrogens is 420 g/mol. The van der Waals surface area contributed by atoms with Crippen molar-refractivity contribution < 1.29 is 9.47 Å². The molecule has 4 aliphatic rings. The Labute approximate surface area is 203 Å². The highest BCUT2D eigenvalue weighted by molar-refractivity contribution is 5.61. The van der Waals surface area contributed by atoms with Gasteiger partial charge >= 0.3 is 0 Å². The number of rotatable bonds is 5. The van der Waals surface area contributed by atoms with Crippen molar-refractivity contribution in [3.63, 3.8) is 0 Å². The van der Waals surface area contributed by atoms with Crippen molar-refractivity contribution in [1.29, 1.82) is 0 Å². The predicted molar refractivity (Wildman–Crippen MR) is 138 cm³/mol. The number of para-hydroxylation sites is 2. The van der Waals surface area contributed by atoms with Gasteiger partial charge in [-0.2, -0.15) is 0 Å². The van der Waals surface area contributed by atoms with Crippen molar-refractivity contribution in [2.75, 3.05) is 39.3 Å². The van der Waals surface area contributed by atoms with Crippen LogP contribution in [0.25, 0.3) is 12.2 Å². The Hall–Kier alpha value is -2.56. The molecule has 0 aromatic heterocycles. The van der Waals surface area contributed by atoms with Crippen LogP contribution in [-0.2, 0) is 0 Å². The van der Waals surface area contributed by atoms with Gasteiger partial charge in [0.15, 0.2) is 0 Å². The van der Waals surface area contributed by atoms with E-state index in [9.17, 15) is 0 Å². The van der Waals surface area contributed by atoms with E-state index >= 15 is 0 Å². The van der Waals surface area contributed by atoms with Crippen LogP contribution in [0.15, 0.2) is 60.7 Å². The fraction of sp³-hybridized carbons (Fsp3) is 0.467. The highest BCUT2D eigenvalue weighted by atomic mass is 16.5. The van der Waals surface area contributed by atoms with Crippen molar-refractivity contribution in [1.82, 2.24) is 9.80 Å². The fourth-order valence-electron chi connectivity index (χ4n) is 5.93. The van der Waals surface area contributed by atoms with E-state index < -0.39 is 0 Å². The summed E-state index contributed by atoms with van der Waals surface area (Å²) in [5.74, 6) is 2.08. The van der Waals surface area contributed by atoms with Gasteiger partial charge in [-0.1, -0.05) is 48.6 Å². The second-order valence-corrected chi connectivity index (χ2v) is 10.5. The fourth-order valence-corrected chi connectivity index (χ4v) is 5.93. The molecular formula is C30H36N2O2. The van der Waals surface area contributed by atoms with E-state index in [1.165, 1.54) is 37.1 Å². The molecule has 0 unspecified atom stereocenters. The molecule has 2 saturated heterocycles. The third-order valence-electron chi connectivity index (χ3n) is 8.20. The molecule has 4 heteroatoms. The Morgan fingerprint density at radius 3 is 1.44 bits per heavy atom. The first-order valence-corrected chi connectivity index (χ1v) is 13.1. The lowest BCUT2D eigenvalue weighted by Gasteiger charge is -2.42. The molecule has 0 N–H and O–H groups in total. The second-order valence-electron chi connectivity index (χ2n) is 10.5. The molecule has 2 aromatic rings. The van der Waals surface area contributed by atoms with Crippen LogP contribution in [0.1, 0.15) is 49.7 Å². The number of piperidine rings is 2. The van der Waals surface area contributed by atoms with E-state index in [1.54, 1.807) is 0 Å². The van der Waals surface area contributed by atoms with E-state index in [4.69, 9.17) is 9.47 Å². The zero-order chi connectivity index (χ0) is 22.8. The van der Waals surface area contributed by atoms with E-state index in [2.05, 4.69) is 82.6 Å². The Kier molecular flexibility index (Phi) is 5.96. The van der Waals surface area contributed by atoms with Crippen LogP contribution in [0.4, 0.5) is 0 Å². The number of hydrogen-bond acceptors (Lipinski definition) is 4. The first-order chi connectivity index (χ1) is 16.7. The molecule has 4 heterocycles. The molecule has 2 fully saturated rings. The van der Waals surface area contributed by atoms with Crippen molar-refractivity contribution in [3.8, 4) is 11.5 Å². The van der Waals surface area contributed by atoms with Crippen LogP contribution in [-0.4, -0.2) is 60.3 Å². The number of unbranched alkanes of at least 4 members (excludes halogenated alkanes) is 1. The smallest absolute Gasteiger partial charge is 0.130 e. The Bertz CT molecular complexity index is 973. The lowest BCUT2D eigenvalue weighted by atomic mass is 9.88. The van der Waals surface area contributed by atoms with E-state index in [1.807, 2.05) is 0 Å². The Morgan fingerprint density at radius 1 is 0.588 bits per heavy atom. The SMILES string of the molecule is C1=CC2(CCN(CCCCN3CCC4(C=Cc5ccccc5O4)CC3)CC2)Oc2ccccc21. The van der Waals surface area contributed by atoms with Gasteiger partial charge in [-0.05, 0) is 50.2 Å². The van der Waals surface area contributed by atoms with Gasteiger partial charge < -0.3 is 19.3 Å². The summed E-state index contributed by atoms with van der Waals surface area (Å²) < 4.78 is 12.9. The maximum Gasteiger partial charge on any atom is 0.130 e. The quantitative estimate of drug-likeness (QED) is 0.543. The van der Waals surface area contributed by atoms with Gasteiger partial charge in [0.1, 0.15) is 22.7 Å². The van der Waals surface area contributed by atoms with Gasteiger partial charge in [-0.3, -0.25) is 0 Å². The molecule has 4 aliphatic heterocycles. The van der Waals surface area contributed by atoms with E-state index in [-0.39, 0.29) is 11.2 Å².